The van der Waals surface area contributed by atoms with Gasteiger partial charge in [-0.2, -0.15) is 0 Å². The van der Waals surface area contributed by atoms with Crippen molar-refractivity contribution >= 4 is 17.6 Å². The Morgan fingerprint density at radius 1 is 1.26 bits per heavy atom. The third-order valence-corrected chi connectivity index (χ3v) is 3.53. The van der Waals surface area contributed by atoms with E-state index in [1.54, 1.807) is 12.5 Å². The van der Waals surface area contributed by atoms with Crippen LogP contribution in [0.5, 0.6) is 0 Å². The number of aromatic nitrogens is 4. The molecule has 0 aliphatic heterocycles. The zero-order chi connectivity index (χ0) is 13.7. The SMILES string of the molecule is CCCc1c(NC)ncnc1Sc1nccc(C)n1. The van der Waals surface area contributed by atoms with E-state index in [0.29, 0.717) is 0 Å². The van der Waals surface area contributed by atoms with E-state index in [-0.39, 0.29) is 0 Å². The number of aryl methyl sites for hydroxylation is 1. The molecule has 2 aromatic heterocycles. The van der Waals surface area contributed by atoms with Gasteiger partial charge in [0, 0.05) is 24.5 Å². The Morgan fingerprint density at radius 3 is 2.79 bits per heavy atom. The molecule has 5 nitrogen and oxygen atoms in total. The summed E-state index contributed by atoms with van der Waals surface area (Å²) in [4.78, 5) is 17.3. The molecule has 0 fully saturated rings. The van der Waals surface area contributed by atoms with Crippen LogP contribution in [0.4, 0.5) is 5.82 Å². The van der Waals surface area contributed by atoms with Crippen molar-refractivity contribution in [3.8, 4) is 0 Å². The summed E-state index contributed by atoms with van der Waals surface area (Å²) in [5, 5.41) is 4.76. The molecule has 2 heterocycles. The Balaban J connectivity index is 2.33. The van der Waals surface area contributed by atoms with Gasteiger partial charge in [0.05, 0.1) is 0 Å². The molecule has 0 saturated carbocycles. The molecule has 1 N–H and O–H groups in total. The topological polar surface area (TPSA) is 63.6 Å². The van der Waals surface area contributed by atoms with E-state index in [4.69, 9.17) is 0 Å². The lowest BCUT2D eigenvalue weighted by molar-refractivity contribution is 0.853. The molecule has 0 amide bonds. The lowest BCUT2D eigenvalue weighted by Crippen LogP contribution is -2.02. The minimum absolute atomic E-state index is 0.720. The van der Waals surface area contributed by atoms with E-state index >= 15 is 0 Å². The smallest absolute Gasteiger partial charge is 0.194 e. The molecule has 0 aliphatic carbocycles. The van der Waals surface area contributed by atoms with Gasteiger partial charge in [0.25, 0.3) is 0 Å². The zero-order valence-corrected chi connectivity index (χ0v) is 12.2. The summed E-state index contributed by atoms with van der Waals surface area (Å²) in [6, 6.07) is 1.88. The second kappa shape index (κ2) is 6.47. The highest BCUT2D eigenvalue weighted by Crippen LogP contribution is 2.29. The van der Waals surface area contributed by atoms with Crippen molar-refractivity contribution < 1.29 is 0 Å². The second-order valence-electron chi connectivity index (χ2n) is 4.09. The predicted octanol–water partition coefficient (Wildman–Crippen LogP) is 2.72. The molecule has 0 aliphatic rings. The lowest BCUT2D eigenvalue weighted by Gasteiger charge is -2.10. The average Bonchev–Trinajstić information content (AvgIpc) is 2.41. The van der Waals surface area contributed by atoms with Gasteiger partial charge in [-0.25, -0.2) is 19.9 Å². The van der Waals surface area contributed by atoms with Crippen LogP contribution in [0.25, 0.3) is 0 Å². The molecule has 19 heavy (non-hydrogen) atoms. The molecular weight excluding hydrogens is 258 g/mol. The molecule has 0 atom stereocenters. The number of nitrogens with one attached hydrogen (secondary N) is 1. The molecule has 0 radical (unpaired) electrons. The Bertz CT molecular complexity index is 558. The quantitative estimate of drug-likeness (QED) is 0.668. The van der Waals surface area contributed by atoms with Crippen molar-refractivity contribution in [1.29, 1.82) is 0 Å². The Morgan fingerprint density at radius 2 is 2.11 bits per heavy atom. The number of anilines is 1. The minimum Gasteiger partial charge on any atom is -0.373 e. The summed E-state index contributed by atoms with van der Waals surface area (Å²) >= 11 is 1.48. The van der Waals surface area contributed by atoms with Gasteiger partial charge >= 0.3 is 0 Å². The minimum atomic E-state index is 0.720. The van der Waals surface area contributed by atoms with Crippen molar-refractivity contribution in [3.05, 3.63) is 29.8 Å². The fourth-order valence-electron chi connectivity index (χ4n) is 1.74. The van der Waals surface area contributed by atoms with Crippen LogP contribution in [0.1, 0.15) is 24.6 Å². The first-order chi connectivity index (χ1) is 9.24. The van der Waals surface area contributed by atoms with E-state index in [1.807, 2.05) is 20.0 Å². The first-order valence-corrected chi connectivity index (χ1v) is 7.05. The summed E-state index contributed by atoms with van der Waals surface area (Å²) in [6.07, 6.45) is 5.32. The van der Waals surface area contributed by atoms with Crippen molar-refractivity contribution in [3.63, 3.8) is 0 Å². The van der Waals surface area contributed by atoms with Crippen LogP contribution in [0.2, 0.25) is 0 Å². The second-order valence-corrected chi connectivity index (χ2v) is 5.04. The normalized spacial score (nSPS) is 10.5. The van der Waals surface area contributed by atoms with Crippen molar-refractivity contribution in [1.82, 2.24) is 19.9 Å². The maximum atomic E-state index is 4.40. The third-order valence-electron chi connectivity index (χ3n) is 2.60. The van der Waals surface area contributed by atoms with Crippen LogP contribution in [0, 0.1) is 6.92 Å². The van der Waals surface area contributed by atoms with Crippen molar-refractivity contribution in [2.45, 2.75) is 36.9 Å². The summed E-state index contributed by atoms with van der Waals surface area (Å²) < 4.78 is 0. The summed E-state index contributed by atoms with van der Waals surface area (Å²) in [5.41, 5.74) is 2.08. The number of rotatable bonds is 5. The number of hydrogen-bond donors (Lipinski definition) is 1. The summed E-state index contributed by atoms with van der Waals surface area (Å²) in [7, 11) is 1.87. The first-order valence-electron chi connectivity index (χ1n) is 6.23. The van der Waals surface area contributed by atoms with Gasteiger partial charge in [-0.05, 0) is 31.2 Å². The predicted molar refractivity (Wildman–Crippen MR) is 76.5 cm³/mol. The number of hydrogen-bond acceptors (Lipinski definition) is 6. The molecule has 0 aromatic carbocycles. The Kier molecular flexibility index (Phi) is 4.68. The van der Waals surface area contributed by atoms with Crippen LogP contribution >= 0.6 is 11.8 Å². The van der Waals surface area contributed by atoms with Crippen molar-refractivity contribution in [2.24, 2.45) is 0 Å². The van der Waals surface area contributed by atoms with Crippen LogP contribution in [-0.2, 0) is 6.42 Å². The van der Waals surface area contributed by atoms with E-state index in [1.165, 1.54) is 11.8 Å². The monoisotopic (exact) mass is 275 g/mol. The van der Waals surface area contributed by atoms with E-state index in [9.17, 15) is 0 Å². The van der Waals surface area contributed by atoms with Crippen LogP contribution in [-0.4, -0.2) is 27.0 Å². The van der Waals surface area contributed by atoms with Crippen LogP contribution in [0.15, 0.2) is 28.8 Å². The molecule has 6 heteroatoms. The molecule has 100 valence electrons. The fraction of sp³-hybridized carbons (Fsp3) is 0.385. The Labute approximate surface area is 117 Å². The van der Waals surface area contributed by atoms with Gasteiger partial charge in [0.1, 0.15) is 17.2 Å². The largest absolute Gasteiger partial charge is 0.373 e. The van der Waals surface area contributed by atoms with E-state index in [2.05, 4.69) is 32.2 Å². The highest BCUT2D eigenvalue weighted by molar-refractivity contribution is 7.99. The fourth-order valence-corrected chi connectivity index (χ4v) is 2.63. The van der Waals surface area contributed by atoms with Gasteiger partial charge < -0.3 is 5.32 Å². The maximum absolute atomic E-state index is 4.40. The first kappa shape index (κ1) is 13.7. The van der Waals surface area contributed by atoms with E-state index in [0.717, 1.165) is 40.1 Å². The molecule has 2 rings (SSSR count). The van der Waals surface area contributed by atoms with Crippen LogP contribution < -0.4 is 5.32 Å². The molecule has 0 saturated heterocycles. The molecular formula is C13H17N5S. The number of nitrogens with zero attached hydrogens (tertiary/aromatic N) is 4. The zero-order valence-electron chi connectivity index (χ0n) is 11.3. The molecule has 2 aromatic rings. The summed E-state index contributed by atoms with van der Waals surface area (Å²) in [6.45, 7) is 4.10. The average molecular weight is 275 g/mol. The molecule has 0 spiro atoms. The standard InChI is InChI=1S/C13H17N5S/c1-4-5-10-11(14-3)16-8-17-12(10)19-13-15-7-6-9(2)18-13/h6-8H,4-5H2,1-3H3,(H,14,16,17). The highest BCUT2D eigenvalue weighted by atomic mass is 32.2. The van der Waals surface area contributed by atoms with Gasteiger partial charge in [-0.3, -0.25) is 0 Å². The maximum Gasteiger partial charge on any atom is 0.194 e. The van der Waals surface area contributed by atoms with Gasteiger partial charge in [0.15, 0.2) is 5.16 Å². The van der Waals surface area contributed by atoms with E-state index < -0.39 is 0 Å². The van der Waals surface area contributed by atoms with Crippen molar-refractivity contribution in [2.75, 3.05) is 12.4 Å². The lowest BCUT2D eigenvalue weighted by atomic mass is 10.2. The van der Waals surface area contributed by atoms with Gasteiger partial charge in [0.2, 0.25) is 0 Å². The van der Waals surface area contributed by atoms with Crippen LogP contribution in [0.3, 0.4) is 0 Å². The van der Waals surface area contributed by atoms with Gasteiger partial charge in [-0.1, -0.05) is 13.3 Å². The highest BCUT2D eigenvalue weighted by Gasteiger charge is 2.12. The molecule has 0 unspecified atom stereocenters. The molecule has 0 bridgehead atoms. The Hall–Kier alpha value is -1.69. The third kappa shape index (κ3) is 3.41. The summed E-state index contributed by atoms with van der Waals surface area (Å²) in [5.74, 6) is 0.881. The van der Waals surface area contributed by atoms with Gasteiger partial charge in [-0.15, -0.1) is 0 Å².